The van der Waals surface area contributed by atoms with Gasteiger partial charge in [0, 0.05) is 73.3 Å². The molecule has 6 rings (SSSR count). The number of hydrogen-bond acceptors (Lipinski definition) is 9. The van der Waals surface area contributed by atoms with Gasteiger partial charge in [-0.3, -0.25) is 4.79 Å². The molecule has 0 atom stereocenters. The number of carbonyl (C=O) groups excluding carboxylic acids is 1. The van der Waals surface area contributed by atoms with Crippen LogP contribution in [0.5, 0.6) is 0 Å². The topological polar surface area (TPSA) is 97.9 Å². The third-order valence-electron chi connectivity index (χ3n) is 7.87. The maximum Gasteiger partial charge on any atom is 0.247 e. The molecule has 0 saturated carbocycles. The van der Waals surface area contributed by atoms with Crippen LogP contribution in [0.3, 0.4) is 0 Å². The molecule has 10 heteroatoms. The molecule has 2 aliphatic heterocycles. The van der Waals surface area contributed by atoms with E-state index in [0.717, 1.165) is 75.1 Å². The van der Waals surface area contributed by atoms with E-state index >= 15 is 0 Å². The van der Waals surface area contributed by atoms with Crippen molar-refractivity contribution in [1.29, 1.82) is 0 Å². The van der Waals surface area contributed by atoms with Gasteiger partial charge < -0.3 is 35.4 Å². The summed E-state index contributed by atoms with van der Waals surface area (Å²) in [5.41, 5.74) is 7.10. The molecular weight excluding hydrogens is 552 g/mol. The number of aromatic nitrogens is 2. The smallest absolute Gasteiger partial charge is 0.247 e. The van der Waals surface area contributed by atoms with Crippen molar-refractivity contribution in [3.05, 3.63) is 91.6 Å². The number of ether oxygens (including phenoxy) is 1. The van der Waals surface area contributed by atoms with E-state index in [1.807, 2.05) is 30.3 Å². The van der Waals surface area contributed by atoms with Crippen LogP contribution in [0.15, 0.2) is 91.6 Å². The number of hydrogen-bond donors (Lipinski definition) is 3. The van der Waals surface area contributed by atoms with Gasteiger partial charge in [0.1, 0.15) is 0 Å². The quantitative estimate of drug-likeness (QED) is 0.223. The van der Waals surface area contributed by atoms with Gasteiger partial charge in [-0.2, -0.15) is 0 Å². The largest absolute Gasteiger partial charge is 0.378 e. The molecule has 2 aliphatic rings. The molecule has 1 aromatic heterocycles. The van der Waals surface area contributed by atoms with Crippen molar-refractivity contribution in [1.82, 2.24) is 14.9 Å². The summed E-state index contributed by atoms with van der Waals surface area (Å²) in [6.07, 6.45) is 3.04. The van der Waals surface area contributed by atoms with Crippen molar-refractivity contribution >= 4 is 46.0 Å². The Labute approximate surface area is 258 Å². The third kappa shape index (κ3) is 7.16. The Kier molecular flexibility index (Phi) is 9.00. The summed E-state index contributed by atoms with van der Waals surface area (Å²) in [6, 6.07) is 24.3. The molecular formula is C34H38N8O2. The number of likely N-dealkylation sites (N-methyl/N-ethyl adjacent to an activating group) is 1. The van der Waals surface area contributed by atoms with Crippen LogP contribution in [0.1, 0.15) is 0 Å². The number of anilines is 7. The van der Waals surface area contributed by atoms with Crippen molar-refractivity contribution in [3.63, 3.8) is 0 Å². The van der Waals surface area contributed by atoms with Crippen LogP contribution < -0.4 is 25.8 Å². The summed E-state index contributed by atoms with van der Waals surface area (Å²) in [7, 11) is 2.16. The molecule has 0 aliphatic carbocycles. The Morgan fingerprint density at radius 2 is 1.55 bits per heavy atom. The molecule has 44 heavy (non-hydrogen) atoms. The van der Waals surface area contributed by atoms with Crippen molar-refractivity contribution in [3.8, 4) is 11.3 Å². The molecule has 0 spiro atoms. The summed E-state index contributed by atoms with van der Waals surface area (Å²) in [4.78, 5) is 28.7. The van der Waals surface area contributed by atoms with Gasteiger partial charge in [-0.05, 0) is 67.7 Å². The number of morpholine rings is 1. The minimum absolute atomic E-state index is 0.272. The highest BCUT2D eigenvalue weighted by Gasteiger charge is 2.16. The zero-order valence-corrected chi connectivity index (χ0v) is 25.0. The summed E-state index contributed by atoms with van der Waals surface area (Å²) in [5.74, 6) is 0.204. The molecule has 3 aromatic carbocycles. The second kappa shape index (κ2) is 13.6. The second-order valence-corrected chi connectivity index (χ2v) is 11.0. The van der Waals surface area contributed by atoms with Gasteiger partial charge in [-0.15, -0.1) is 0 Å². The van der Waals surface area contributed by atoms with E-state index in [1.54, 1.807) is 6.20 Å². The molecule has 3 heterocycles. The van der Waals surface area contributed by atoms with Crippen LogP contribution >= 0.6 is 0 Å². The monoisotopic (exact) mass is 590 g/mol. The average molecular weight is 591 g/mol. The first-order chi connectivity index (χ1) is 21.5. The number of nitrogens with one attached hydrogen (secondary N) is 3. The van der Waals surface area contributed by atoms with Crippen LogP contribution in [-0.2, 0) is 9.53 Å². The molecule has 0 bridgehead atoms. The molecule has 10 nitrogen and oxygen atoms in total. The fourth-order valence-corrected chi connectivity index (χ4v) is 5.40. The van der Waals surface area contributed by atoms with Gasteiger partial charge in [-0.25, -0.2) is 9.97 Å². The zero-order chi connectivity index (χ0) is 30.3. The Balaban J connectivity index is 1.28. The lowest BCUT2D eigenvalue weighted by atomic mass is 10.1. The van der Waals surface area contributed by atoms with Crippen LogP contribution in [0.25, 0.3) is 11.3 Å². The fraction of sp³-hybridized carbons (Fsp3) is 0.265. The normalized spacial score (nSPS) is 15.5. The van der Waals surface area contributed by atoms with Crippen LogP contribution in [0.2, 0.25) is 0 Å². The zero-order valence-electron chi connectivity index (χ0n) is 25.0. The first-order valence-corrected chi connectivity index (χ1v) is 15.0. The second-order valence-electron chi connectivity index (χ2n) is 11.0. The number of amides is 1. The van der Waals surface area contributed by atoms with Gasteiger partial charge >= 0.3 is 0 Å². The van der Waals surface area contributed by atoms with Crippen molar-refractivity contribution in [2.45, 2.75) is 0 Å². The van der Waals surface area contributed by atoms with E-state index in [-0.39, 0.29) is 5.91 Å². The highest BCUT2D eigenvalue weighted by molar-refractivity contribution is 5.99. The van der Waals surface area contributed by atoms with Gasteiger partial charge in [-0.1, -0.05) is 24.8 Å². The Morgan fingerprint density at radius 3 is 2.32 bits per heavy atom. The third-order valence-corrected chi connectivity index (χ3v) is 7.87. The Hall–Kier alpha value is -4.93. The predicted octanol–water partition coefficient (Wildman–Crippen LogP) is 5.34. The minimum Gasteiger partial charge on any atom is -0.378 e. The number of benzene rings is 3. The van der Waals surface area contributed by atoms with Gasteiger partial charge in [0.25, 0.3) is 0 Å². The van der Waals surface area contributed by atoms with Crippen molar-refractivity contribution in [2.75, 3.05) is 85.3 Å². The average Bonchev–Trinajstić information content (AvgIpc) is 3.07. The summed E-state index contributed by atoms with van der Waals surface area (Å²) >= 11 is 0. The molecule has 226 valence electrons. The summed E-state index contributed by atoms with van der Waals surface area (Å²) in [6.45, 7) is 10.9. The maximum atomic E-state index is 12.0. The number of nitrogens with zero attached hydrogens (tertiary/aromatic N) is 5. The van der Waals surface area contributed by atoms with Crippen LogP contribution in [0, 0.1) is 0 Å². The molecule has 0 unspecified atom stereocenters. The van der Waals surface area contributed by atoms with Gasteiger partial charge in [0.15, 0.2) is 0 Å². The van der Waals surface area contributed by atoms with Crippen LogP contribution in [0.4, 0.5) is 40.1 Å². The van der Waals surface area contributed by atoms with Crippen molar-refractivity contribution in [2.24, 2.45) is 0 Å². The highest BCUT2D eigenvalue weighted by Crippen LogP contribution is 2.32. The van der Waals surface area contributed by atoms with Gasteiger partial charge in [0.2, 0.25) is 11.9 Å². The number of piperazine rings is 1. The summed E-state index contributed by atoms with van der Waals surface area (Å²) in [5, 5.41) is 9.76. The lowest BCUT2D eigenvalue weighted by Gasteiger charge is -2.34. The van der Waals surface area contributed by atoms with E-state index in [9.17, 15) is 4.79 Å². The van der Waals surface area contributed by atoms with E-state index in [2.05, 4.69) is 91.7 Å². The Bertz CT molecular complexity index is 1600. The van der Waals surface area contributed by atoms with Gasteiger partial charge in [0.05, 0.1) is 30.8 Å². The molecule has 2 fully saturated rings. The lowest BCUT2D eigenvalue weighted by Crippen LogP contribution is -2.44. The van der Waals surface area contributed by atoms with E-state index in [1.165, 1.54) is 17.5 Å². The fourth-order valence-electron chi connectivity index (χ4n) is 5.40. The highest BCUT2D eigenvalue weighted by atomic mass is 16.5. The first-order valence-electron chi connectivity index (χ1n) is 15.0. The predicted molar refractivity (Wildman–Crippen MR) is 178 cm³/mol. The minimum atomic E-state index is -0.272. The number of carbonyl (C=O) groups is 1. The molecule has 1 amide bonds. The van der Waals surface area contributed by atoms with E-state index in [0.29, 0.717) is 17.3 Å². The van der Waals surface area contributed by atoms with Crippen molar-refractivity contribution < 1.29 is 9.53 Å². The van der Waals surface area contributed by atoms with Crippen LogP contribution in [-0.4, -0.2) is 80.3 Å². The maximum absolute atomic E-state index is 12.0. The summed E-state index contributed by atoms with van der Waals surface area (Å²) < 4.78 is 5.49. The molecule has 4 aromatic rings. The SMILES string of the molecule is C=CC(=O)Nc1cccc(-c2nc(Nc3cccc(N4CCN(C)CC4)c3)ncc2Nc2ccc(N3CCOCC3)cc2)c1. The molecule has 2 saturated heterocycles. The standard InChI is InChI=1S/C34H38N8O2/c1-3-32(43)37-27-7-4-6-25(22-27)33-31(36-26-10-12-29(13-11-26)42-18-20-44-21-19-42)24-35-34(39-33)38-28-8-5-9-30(23-28)41-16-14-40(2)15-17-41/h3-13,22-24,36H,1,14-21H2,2H3,(H,37,43)(H,35,38,39). The molecule has 3 N–H and O–H groups in total. The number of rotatable bonds is 9. The van der Waals surface area contributed by atoms with E-state index < -0.39 is 0 Å². The molecule has 0 radical (unpaired) electrons. The lowest BCUT2D eigenvalue weighted by molar-refractivity contribution is -0.111. The first kappa shape index (κ1) is 29.2. The Morgan fingerprint density at radius 1 is 0.818 bits per heavy atom. The van der Waals surface area contributed by atoms with E-state index in [4.69, 9.17) is 9.72 Å².